The number of hydrogen-bond acceptors (Lipinski definition) is 0. The largest absolute Gasteiger partial charge is 1.00 e. The van der Waals surface area contributed by atoms with Crippen LogP contribution in [0.25, 0.3) is 0 Å². The second-order valence-electron chi connectivity index (χ2n) is 4.65. The molecule has 0 aliphatic rings. The molecule has 0 aliphatic heterocycles. The minimum Gasteiger partial charge on any atom is -1.00 e. The van der Waals surface area contributed by atoms with Gasteiger partial charge < -0.3 is 28.5 Å². The topological polar surface area (TPSA) is 0 Å². The zero-order valence-corrected chi connectivity index (χ0v) is 11.7. The first-order chi connectivity index (χ1) is 6.00. The van der Waals surface area contributed by atoms with Crippen molar-refractivity contribution in [2.45, 2.75) is 19.4 Å². The first-order valence-electron chi connectivity index (χ1n) is 4.85. The molecule has 14 heavy (non-hydrogen) atoms. The predicted molar refractivity (Wildman–Crippen MR) is 57.6 cm³/mol. The molecule has 0 spiro atoms. The number of rotatable bonds is 3. The summed E-state index contributed by atoms with van der Waals surface area (Å²) in [6.45, 7) is 2.30. The molecule has 0 saturated heterocycles. The van der Waals surface area contributed by atoms with Gasteiger partial charge in [0.1, 0.15) is 0 Å². The first-order valence-corrected chi connectivity index (χ1v) is 4.85. The lowest BCUT2D eigenvalue weighted by Gasteiger charge is -2.31. The van der Waals surface area contributed by atoms with Crippen LogP contribution < -0.4 is 24.0 Å². The van der Waals surface area contributed by atoms with Crippen molar-refractivity contribution in [2.75, 3.05) is 21.1 Å². The molecule has 1 nitrogen and oxygen atoms in total. The molecule has 80 valence electrons. The van der Waals surface area contributed by atoms with Crippen molar-refractivity contribution in [3.05, 3.63) is 35.9 Å². The molecular formula is C12H20IN. The van der Waals surface area contributed by atoms with Gasteiger partial charge in [-0.2, -0.15) is 0 Å². The molecule has 0 saturated carbocycles. The third-order valence-corrected chi connectivity index (χ3v) is 2.70. The minimum atomic E-state index is 0. The lowest BCUT2D eigenvalue weighted by atomic mass is 10.1. The second kappa shape index (κ2) is 5.71. The third-order valence-electron chi connectivity index (χ3n) is 2.70. The Bertz CT molecular complexity index is 251. The third kappa shape index (κ3) is 4.42. The van der Waals surface area contributed by atoms with Gasteiger partial charge in [-0.3, -0.25) is 0 Å². The summed E-state index contributed by atoms with van der Waals surface area (Å²) in [5.41, 5.74) is 1.43. The van der Waals surface area contributed by atoms with Gasteiger partial charge in [-0.05, 0) is 12.5 Å². The summed E-state index contributed by atoms with van der Waals surface area (Å²) in [4.78, 5) is 0. The van der Waals surface area contributed by atoms with Crippen molar-refractivity contribution in [3.63, 3.8) is 0 Å². The average Bonchev–Trinajstić information content (AvgIpc) is 2.04. The van der Waals surface area contributed by atoms with Crippen molar-refractivity contribution in [3.8, 4) is 0 Å². The molecule has 0 radical (unpaired) electrons. The van der Waals surface area contributed by atoms with E-state index in [1.807, 2.05) is 0 Å². The summed E-state index contributed by atoms with van der Waals surface area (Å²) in [5, 5.41) is 0. The molecule has 0 aliphatic carbocycles. The Labute approximate surface area is 105 Å². The molecule has 1 rings (SSSR count). The van der Waals surface area contributed by atoms with Crippen LogP contribution in [-0.2, 0) is 6.42 Å². The Hall–Kier alpha value is -0.0900. The molecule has 1 aromatic carbocycles. The maximum Gasteiger partial charge on any atom is 0.0896 e. The Morgan fingerprint density at radius 2 is 1.57 bits per heavy atom. The van der Waals surface area contributed by atoms with E-state index in [1.165, 1.54) is 5.56 Å². The van der Waals surface area contributed by atoms with Crippen molar-refractivity contribution in [1.82, 2.24) is 0 Å². The summed E-state index contributed by atoms with van der Waals surface area (Å²) in [5.74, 6) is 0. The van der Waals surface area contributed by atoms with E-state index >= 15 is 0 Å². The molecular weight excluding hydrogens is 285 g/mol. The van der Waals surface area contributed by atoms with Crippen LogP contribution in [0.4, 0.5) is 0 Å². The zero-order valence-electron chi connectivity index (χ0n) is 9.50. The maximum absolute atomic E-state index is 2.30. The quantitative estimate of drug-likeness (QED) is 0.513. The molecule has 0 heterocycles. The highest BCUT2D eigenvalue weighted by Gasteiger charge is 2.17. The van der Waals surface area contributed by atoms with E-state index in [0.717, 1.165) is 10.9 Å². The fourth-order valence-electron chi connectivity index (χ4n) is 1.23. The number of nitrogens with zero attached hydrogens (tertiary/aromatic N) is 1. The van der Waals surface area contributed by atoms with Crippen LogP contribution in [0.1, 0.15) is 12.5 Å². The molecule has 0 amide bonds. The van der Waals surface area contributed by atoms with Crippen molar-refractivity contribution in [2.24, 2.45) is 0 Å². The summed E-state index contributed by atoms with van der Waals surface area (Å²) in [6.07, 6.45) is 1.16. The highest BCUT2D eigenvalue weighted by molar-refractivity contribution is 5.15. The molecule has 1 atom stereocenters. The van der Waals surface area contributed by atoms with E-state index < -0.39 is 0 Å². The van der Waals surface area contributed by atoms with Gasteiger partial charge in [-0.1, -0.05) is 30.3 Å². The van der Waals surface area contributed by atoms with Gasteiger partial charge >= 0.3 is 0 Å². The SMILES string of the molecule is CC(Cc1ccccc1)[N+](C)(C)C.[I-]. The van der Waals surface area contributed by atoms with Crippen molar-refractivity contribution >= 4 is 0 Å². The van der Waals surface area contributed by atoms with E-state index in [1.54, 1.807) is 0 Å². The molecule has 1 unspecified atom stereocenters. The van der Waals surface area contributed by atoms with Gasteiger partial charge in [-0.15, -0.1) is 0 Å². The maximum atomic E-state index is 2.30. The first kappa shape index (κ1) is 13.9. The van der Waals surface area contributed by atoms with Gasteiger partial charge in [0.15, 0.2) is 0 Å². The van der Waals surface area contributed by atoms with Crippen LogP contribution >= 0.6 is 0 Å². The van der Waals surface area contributed by atoms with E-state index in [9.17, 15) is 0 Å². The smallest absolute Gasteiger partial charge is 0.0896 e. The Balaban J connectivity index is 0.00000169. The fourth-order valence-corrected chi connectivity index (χ4v) is 1.23. The highest BCUT2D eigenvalue weighted by atomic mass is 127. The average molecular weight is 305 g/mol. The van der Waals surface area contributed by atoms with Crippen LogP contribution in [0, 0.1) is 0 Å². The number of halogens is 1. The fraction of sp³-hybridized carbons (Fsp3) is 0.500. The van der Waals surface area contributed by atoms with Gasteiger partial charge in [0, 0.05) is 6.42 Å². The van der Waals surface area contributed by atoms with E-state index in [2.05, 4.69) is 58.4 Å². The normalized spacial score (nSPS) is 13.1. The Morgan fingerprint density at radius 1 is 1.07 bits per heavy atom. The Kier molecular flexibility index (Phi) is 5.67. The molecule has 0 aromatic heterocycles. The van der Waals surface area contributed by atoms with Crippen LogP contribution in [0.15, 0.2) is 30.3 Å². The van der Waals surface area contributed by atoms with Crippen LogP contribution in [0.2, 0.25) is 0 Å². The van der Waals surface area contributed by atoms with Crippen LogP contribution in [0.3, 0.4) is 0 Å². The minimum absolute atomic E-state index is 0. The number of quaternary nitrogens is 1. The lowest BCUT2D eigenvalue weighted by Crippen LogP contribution is -3.00. The molecule has 1 aromatic rings. The summed E-state index contributed by atoms with van der Waals surface area (Å²) in [7, 11) is 6.73. The number of likely N-dealkylation sites (N-methyl/N-ethyl adjacent to an activating group) is 1. The van der Waals surface area contributed by atoms with E-state index in [-0.39, 0.29) is 24.0 Å². The van der Waals surface area contributed by atoms with Crippen molar-refractivity contribution < 1.29 is 28.5 Å². The van der Waals surface area contributed by atoms with Gasteiger partial charge in [-0.25, -0.2) is 0 Å². The molecule has 0 N–H and O–H groups in total. The van der Waals surface area contributed by atoms with Gasteiger partial charge in [0.25, 0.3) is 0 Å². The van der Waals surface area contributed by atoms with E-state index in [0.29, 0.717) is 6.04 Å². The standard InChI is InChI=1S/C12H20N.HI/c1-11(13(2,3)4)10-12-8-6-5-7-9-12;/h5-9,11H,10H2,1-4H3;1H/q+1;/p-1. The molecule has 0 fully saturated rings. The molecule has 0 bridgehead atoms. The monoisotopic (exact) mass is 305 g/mol. The summed E-state index contributed by atoms with van der Waals surface area (Å²) < 4.78 is 1.02. The van der Waals surface area contributed by atoms with Crippen LogP contribution in [0.5, 0.6) is 0 Å². The van der Waals surface area contributed by atoms with E-state index in [4.69, 9.17) is 0 Å². The predicted octanol–water partition coefficient (Wildman–Crippen LogP) is -0.672. The summed E-state index contributed by atoms with van der Waals surface area (Å²) in [6, 6.07) is 11.4. The van der Waals surface area contributed by atoms with Gasteiger partial charge in [0.2, 0.25) is 0 Å². The van der Waals surface area contributed by atoms with Crippen molar-refractivity contribution in [1.29, 1.82) is 0 Å². The second-order valence-corrected chi connectivity index (χ2v) is 4.65. The summed E-state index contributed by atoms with van der Waals surface area (Å²) >= 11 is 0. The molecule has 2 heteroatoms. The lowest BCUT2D eigenvalue weighted by molar-refractivity contribution is -0.893. The Morgan fingerprint density at radius 3 is 2.00 bits per heavy atom. The number of benzene rings is 1. The van der Waals surface area contributed by atoms with Gasteiger partial charge in [0.05, 0.1) is 27.2 Å². The zero-order chi connectivity index (χ0) is 9.90. The van der Waals surface area contributed by atoms with Crippen LogP contribution in [-0.4, -0.2) is 31.7 Å². The number of hydrogen-bond donors (Lipinski definition) is 0. The highest BCUT2D eigenvalue weighted by Crippen LogP contribution is 2.10.